The third kappa shape index (κ3) is 3.02. The minimum Gasteiger partial charge on any atom is -0.390 e. The van der Waals surface area contributed by atoms with Crippen molar-refractivity contribution in [3.63, 3.8) is 0 Å². The maximum atomic E-state index is 8.82. The lowest BCUT2D eigenvalue weighted by Gasteiger charge is -2.25. The summed E-state index contributed by atoms with van der Waals surface area (Å²) in [5.41, 5.74) is 0.604. The van der Waals surface area contributed by atoms with Crippen molar-refractivity contribution in [2.24, 2.45) is 0 Å². The Hall–Kier alpha value is -0.910. The SMILES string of the molecule is OCc1cc(CCN2CCOCC2)on1. The minimum absolute atomic E-state index is 0.0545. The lowest BCUT2D eigenvalue weighted by Crippen LogP contribution is -2.37. The van der Waals surface area contributed by atoms with Crippen molar-refractivity contribution in [1.29, 1.82) is 0 Å². The first kappa shape index (κ1) is 10.6. The molecule has 0 aliphatic carbocycles. The summed E-state index contributed by atoms with van der Waals surface area (Å²) in [5, 5.41) is 12.5. The van der Waals surface area contributed by atoms with Gasteiger partial charge in [-0.05, 0) is 0 Å². The zero-order valence-electron chi connectivity index (χ0n) is 8.69. The highest BCUT2D eigenvalue weighted by Gasteiger charge is 2.11. The molecule has 0 spiro atoms. The summed E-state index contributed by atoms with van der Waals surface area (Å²) in [6.07, 6.45) is 0.840. The number of aromatic nitrogens is 1. The first-order valence-electron chi connectivity index (χ1n) is 5.24. The van der Waals surface area contributed by atoms with Gasteiger partial charge in [-0.2, -0.15) is 0 Å². The molecule has 15 heavy (non-hydrogen) atoms. The molecule has 0 aromatic carbocycles. The second kappa shape index (κ2) is 5.25. The van der Waals surface area contributed by atoms with Crippen LogP contribution in [0.3, 0.4) is 0 Å². The number of nitrogens with zero attached hydrogens (tertiary/aromatic N) is 2. The van der Waals surface area contributed by atoms with E-state index in [-0.39, 0.29) is 6.61 Å². The summed E-state index contributed by atoms with van der Waals surface area (Å²) >= 11 is 0. The van der Waals surface area contributed by atoms with E-state index in [0.29, 0.717) is 5.69 Å². The average molecular weight is 212 g/mol. The van der Waals surface area contributed by atoms with Crippen molar-refractivity contribution >= 4 is 0 Å². The molecular weight excluding hydrogens is 196 g/mol. The first-order chi connectivity index (χ1) is 7.38. The normalized spacial score (nSPS) is 18.2. The van der Waals surface area contributed by atoms with Gasteiger partial charge < -0.3 is 14.4 Å². The standard InChI is InChI=1S/C10H16N2O3/c13-8-9-7-10(15-11-9)1-2-12-3-5-14-6-4-12/h7,13H,1-6,8H2. The summed E-state index contributed by atoms with van der Waals surface area (Å²) < 4.78 is 10.3. The Balaban J connectivity index is 1.76. The summed E-state index contributed by atoms with van der Waals surface area (Å²) in [6.45, 7) is 4.52. The van der Waals surface area contributed by atoms with Gasteiger partial charge in [0.05, 0.1) is 19.8 Å². The van der Waals surface area contributed by atoms with Gasteiger partial charge in [-0.3, -0.25) is 4.90 Å². The average Bonchev–Trinajstić information content (AvgIpc) is 2.76. The second-order valence-corrected chi connectivity index (χ2v) is 3.65. The van der Waals surface area contributed by atoms with Gasteiger partial charge in [-0.15, -0.1) is 0 Å². The van der Waals surface area contributed by atoms with Crippen LogP contribution in [-0.2, 0) is 17.8 Å². The Morgan fingerprint density at radius 2 is 2.20 bits per heavy atom. The van der Waals surface area contributed by atoms with Crippen molar-refractivity contribution < 1.29 is 14.4 Å². The fourth-order valence-electron chi connectivity index (χ4n) is 1.64. The predicted molar refractivity (Wildman–Crippen MR) is 53.4 cm³/mol. The molecule has 5 heteroatoms. The van der Waals surface area contributed by atoms with Gasteiger partial charge in [0.2, 0.25) is 0 Å². The molecule has 0 saturated carbocycles. The third-order valence-electron chi connectivity index (χ3n) is 2.55. The van der Waals surface area contributed by atoms with Crippen molar-refractivity contribution in [3.05, 3.63) is 17.5 Å². The molecule has 1 aliphatic rings. The Bertz CT molecular complexity index is 295. The van der Waals surface area contributed by atoms with Crippen LogP contribution >= 0.6 is 0 Å². The van der Waals surface area contributed by atoms with Crippen molar-refractivity contribution in [1.82, 2.24) is 10.1 Å². The van der Waals surface area contributed by atoms with E-state index in [1.807, 2.05) is 0 Å². The largest absolute Gasteiger partial charge is 0.390 e. The Kier molecular flexibility index (Phi) is 3.71. The van der Waals surface area contributed by atoms with Gasteiger partial charge in [0, 0.05) is 32.1 Å². The van der Waals surface area contributed by atoms with Gasteiger partial charge in [0.15, 0.2) is 0 Å². The Labute approximate surface area is 88.6 Å². The maximum Gasteiger partial charge on any atom is 0.138 e. The number of morpholine rings is 1. The maximum absolute atomic E-state index is 8.82. The molecule has 2 heterocycles. The molecule has 2 rings (SSSR count). The van der Waals surface area contributed by atoms with Crippen LogP contribution in [0, 0.1) is 0 Å². The third-order valence-corrected chi connectivity index (χ3v) is 2.55. The molecule has 5 nitrogen and oxygen atoms in total. The van der Waals surface area contributed by atoms with Crippen molar-refractivity contribution in [3.8, 4) is 0 Å². The Morgan fingerprint density at radius 3 is 2.87 bits per heavy atom. The van der Waals surface area contributed by atoms with E-state index in [4.69, 9.17) is 14.4 Å². The van der Waals surface area contributed by atoms with Crippen LogP contribution in [0.25, 0.3) is 0 Å². The van der Waals surface area contributed by atoms with E-state index in [9.17, 15) is 0 Å². The summed E-state index contributed by atoms with van der Waals surface area (Å²) in [7, 11) is 0. The number of hydrogen-bond acceptors (Lipinski definition) is 5. The van der Waals surface area contributed by atoms with E-state index in [2.05, 4.69) is 10.1 Å². The summed E-state index contributed by atoms with van der Waals surface area (Å²) in [6, 6.07) is 1.81. The van der Waals surface area contributed by atoms with Crippen LogP contribution in [0.15, 0.2) is 10.6 Å². The highest BCUT2D eigenvalue weighted by molar-refractivity contribution is 5.04. The fourth-order valence-corrected chi connectivity index (χ4v) is 1.64. The predicted octanol–water partition coefficient (Wildman–Crippen LogP) is 0.0416. The summed E-state index contributed by atoms with van der Waals surface area (Å²) in [4.78, 5) is 2.34. The van der Waals surface area contributed by atoms with Crippen LogP contribution in [-0.4, -0.2) is 48.0 Å². The molecule has 0 unspecified atom stereocenters. The van der Waals surface area contributed by atoms with Crippen molar-refractivity contribution in [2.45, 2.75) is 13.0 Å². The second-order valence-electron chi connectivity index (χ2n) is 3.65. The summed E-state index contributed by atoms with van der Waals surface area (Å²) in [5.74, 6) is 0.838. The van der Waals surface area contributed by atoms with E-state index >= 15 is 0 Å². The van der Waals surface area contributed by atoms with Crippen LogP contribution in [0.5, 0.6) is 0 Å². The molecule has 0 radical (unpaired) electrons. The van der Waals surface area contributed by atoms with E-state index < -0.39 is 0 Å². The van der Waals surface area contributed by atoms with Gasteiger partial charge in [0.1, 0.15) is 11.5 Å². The van der Waals surface area contributed by atoms with E-state index in [1.165, 1.54) is 0 Å². The molecule has 0 bridgehead atoms. The number of aliphatic hydroxyl groups excluding tert-OH is 1. The molecule has 1 aromatic rings. The molecule has 1 aromatic heterocycles. The zero-order chi connectivity index (χ0) is 10.5. The highest BCUT2D eigenvalue weighted by Crippen LogP contribution is 2.06. The lowest BCUT2D eigenvalue weighted by molar-refractivity contribution is 0.0377. The molecule has 84 valence electrons. The molecule has 1 saturated heterocycles. The monoisotopic (exact) mass is 212 g/mol. The fraction of sp³-hybridized carbons (Fsp3) is 0.700. The molecule has 1 fully saturated rings. The molecule has 0 amide bonds. The highest BCUT2D eigenvalue weighted by atomic mass is 16.5. The van der Waals surface area contributed by atoms with E-state index in [1.54, 1.807) is 6.07 Å². The molecule has 1 N–H and O–H groups in total. The van der Waals surface area contributed by atoms with E-state index in [0.717, 1.165) is 45.0 Å². The number of aliphatic hydroxyl groups is 1. The quantitative estimate of drug-likeness (QED) is 0.763. The Morgan fingerprint density at radius 1 is 1.40 bits per heavy atom. The van der Waals surface area contributed by atoms with Gasteiger partial charge in [-0.25, -0.2) is 0 Å². The van der Waals surface area contributed by atoms with Gasteiger partial charge >= 0.3 is 0 Å². The molecule has 1 aliphatic heterocycles. The van der Waals surface area contributed by atoms with Gasteiger partial charge in [0.25, 0.3) is 0 Å². The van der Waals surface area contributed by atoms with Crippen LogP contribution < -0.4 is 0 Å². The molecule has 0 atom stereocenters. The topological polar surface area (TPSA) is 58.7 Å². The van der Waals surface area contributed by atoms with Crippen molar-refractivity contribution in [2.75, 3.05) is 32.8 Å². The number of rotatable bonds is 4. The zero-order valence-corrected chi connectivity index (χ0v) is 8.69. The van der Waals surface area contributed by atoms with Crippen LogP contribution in [0.2, 0.25) is 0 Å². The first-order valence-corrected chi connectivity index (χ1v) is 5.24. The number of ether oxygens (including phenoxy) is 1. The lowest BCUT2D eigenvalue weighted by atomic mass is 10.2. The number of hydrogen-bond donors (Lipinski definition) is 1. The van der Waals surface area contributed by atoms with Crippen LogP contribution in [0.1, 0.15) is 11.5 Å². The van der Waals surface area contributed by atoms with Crippen LogP contribution in [0.4, 0.5) is 0 Å². The molecular formula is C10H16N2O3. The smallest absolute Gasteiger partial charge is 0.138 e. The minimum atomic E-state index is -0.0545. The van der Waals surface area contributed by atoms with Gasteiger partial charge in [-0.1, -0.05) is 5.16 Å².